The molecule has 0 amide bonds. The van der Waals surface area contributed by atoms with Gasteiger partial charge in [-0.25, -0.2) is 0 Å². The van der Waals surface area contributed by atoms with Crippen LogP contribution in [-0.2, 0) is 4.57 Å². The number of benzene rings is 2. The fourth-order valence-corrected chi connectivity index (χ4v) is 5.87. The highest BCUT2D eigenvalue weighted by molar-refractivity contribution is 7.78. The maximum absolute atomic E-state index is 13.9. The van der Waals surface area contributed by atoms with Gasteiger partial charge in [0, 0.05) is 16.8 Å². The second-order valence-electron chi connectivity index (χ2n) is 6.65. The molecule has 0 aliphatic heterocycles. The molecule has 0 unspecified atom stereocenters. The van der Waals surface area contributed by atoms with Gasteiger partial charge in [0.25, 0.3) is 0 Å². The van der Waals surface area contributed by atoms with Gasteiger partial charge in [-0.3, -0.25) is 0 Å². The first-order valence-corrected chi connectivity index (χ1v) is 11.0. The van der Waals surface area contributed by atoms with Gasteiger partial charge in [0.15, 0.2) is 0 Å². The first kappa shape index (κ1) is 19.7. The van der Waals surface area contributed by atoms with Gasteiger partial charge in [-0.15, -0.1) is 0 Å². The van der Waals surface area contributed by atoms with Crippen LogP contribution in [0.2, 0.25) is 0 Å². The molecule has 0 aliphatic carbocycles. The first-order valence-electron chi connectivity index (χ1n) is 9.12. The second-order valence-corrected chi connectivity index (χ2v) is 9.47. The Morgan fingerprint density at radius 2 is 1.52 bits per heavy atom. The molecule has 0 aromatic heterocycles. The van der Waals surface area contributed by atoms with E-state index in [0.717, 1.165) is 41.9 Å². The van der Waals surface area contributed by atoms with Crippen LogP contribution in [0, 0.1) is 0 Å². The van der Waals surface area contributed by atoms with E-state index < -0.39 is 13.2 Å². The van der Waals surface area contributed by atoms with E-state index in [2.05, 4.69) is 6.92 Å². The van der Waals surface area contributed by atoms with E-state index in [1.165, 1.54) is 0 Å². The fraction of sp³-hybridized carbons (Fsp3) is 0.364. The van der Waals surface area contributed by atoms with Gasteiger partial charge in [0.1, 0.15) is 7.14 Å². The van der Waals surface area contributed by atoms with E-state index in [1.54, 1.807) is 0 Å². The Morgan fingerprint density at radius 1 is 1.00 bits per heavy atom. The Labute approximate surface area is 152 Å². The number of rotatable bonds is 9. The number of hydrogen-bond acceptors (Lipinski definition) is 2. The quantitative estimate of drug-likeness (QED) is 0.395. The van der Waals surface area contributed by atoms with Crippen molar-refractivity contribution in [1.29, 1.82) is 0 Å². The molecule has 3 heteroatoms. The van der Waals surface area contributed by atoms with Gasteiger partial charge in [0.2, 0.25) is 0 Å². The van der Waals surface area contributed by atoms with Gasteiger partial charge in [-0.05, 0) is 13.3 Å². The lowest BCUT2D eigenvalue weighted by Gasteiger charge is -2.20. The number of aliphatic hydroxyl groups excluding tert-OH is 1. The summed E-state index contributed by atoms with van der Waals surface area (Å²) in [6, 6.07) is 19.4. The summed E-state index contributed by atoms with van der Waals surface area (Å²) in [4.78, 5) is 0. The number of unbranched alkanes of at least 4 members (excludes halogenated alkanes) is 2. The van der Waals surface area contributed by atoms with Crippen LogP contribution in [0.4, 0.5) is 0 Å². The van der Waals surface area contributed by atoms with E-state index >= 15 is 0 Å². The molecule has 1 N–H and O–H groups in total. The third-order valence-corrected chi connectivity index (χ3v) is 7.61. The lowest BCUT2D eigenvalue weighted by molar-refractivity contribution is 0.207. The standard InChI is InChI=1S/C22H29O2P/c1-3-4-7-12-20(23)17-19(2)18-25(24,21-13-8-5-9-14-21)22-15-10-6-11-16-22/h5-6,8-11,13-17,20,23H,3-4,7,12,18H2,1-2H3/b19-17+/t20-/m1/s1. The second kappa shape index (κ2) is 9.75. The molecular weight excluding hydrogens is 327 g/mol. The van der Waals surface area contributed by atoms with E-state index in [1.807, 2.05) is 73.7 Å². The Morgan fingerprint density at radius 3 is 2.00 bits per heavy atom. The zero-order valence-electron chi connectivity index (χ0n) is 15.3. The summed E-state index contributed by atoms with van der Waals surface area (Å²) in [5.74, 6) is 0. The van der Waals surface area contributed by atoms with Gasteiger partial charge in [-0.2, -0.15) is 0 Å². The highest BCUT2D eigenvalue weighted by Gasteiger charge is 2.27. The van der Waals surface area contributed by atoms with Crippen molar-refractivity contribution in [2.24, 2.45) is 0 Å². The average Bonchev–Trinajstić information content (AvgIpc) is 2.63. The largest absolute Gasteiger partial charge is 0.389 e. The zero-order chi connectivity index (χ0) is 18.1. The van der Waals surface area contributed by atoms with Crippen LogP contribution in [-0.4, -0.2) is 17.4 Å². The molecule has 0 fully saturated rings. The minimum absolute atomic E-state index is 0.452. The predicted molar refractivity (Wildman–Crippen MR) is 109 cm³/mol. The van der Waals surface area contributed by atoms with Crippen molar-refractivity contribution in [3.8, 4) is 0 Å². The van der Waals surface area contributed by atoms with E-state index in [4.69, 9.17) is 0 Å². The number of allylic oxidation sites excluding steroid dienone is 1. The van der Waals surface area contributed by atoms with Crippen molar-refractivity contribution >= 4 is 17.8 Å². The van der Waals surface area contributed by atoms with Crippen LogP contribution < -0.4 is 10.6 Å². The van der Waals surface area contributed by atoms with Crippen LogP contribution >= 0.6 is 7.14 Å². The lowest BCUT2D eigenvalue weighted by Crippen LogP contribution is -2.19. The molecule has 134 valence electrons. The normalized spacial score (nSPS) is 13.6. The van der Waals surface area contributed by atoms with Crippen LogP contribution in [0.15, 0.2) is 72.3 Å². The van der Waals surface area contributed by atoms with Gasteiger partial charge < -0.3 is 9.67 Å². The Hall–Kier alpha value is -1.63. The van der Waals surface area contributed by atoms with Gasteiger partial charge >= 0.3 is 0 Å². The van der Waals surface area contributed by atoms with Crippen molar-refractivity contribution in [2.75, 3.05) is 6.16 Å². The highest BCUT2D eigenvalue weighted by Crippen LogP contribution is 2.45. The van der Waals surface area contributed by atoms with Crippen LogP contribution in [0.1, 0.15) is 39.5 Å². The van der Waals surface area contributed by atoms with Crippen molar-refractivity contribution in [2.45, 2.75) is 45.6 Å². The minimum atomic E-state index is -2.75. The van der Waals surface area contributed by atoms with E-state index in [-0.39, 0.29) is 0 Å². The molecule has 0 saturated carbocycles. The summed E-state index contributed by atoms with van der Waals surface area (Å²) >= 11 is 0. The Balaban J connectivity index is 2.24. The van der Waals surface area contributed by atoms with Gasteiger partial charge in [0.05, 0.1) is 6.10 Å². The molecule has 1 atom stereocenters. The number of aliphatic hydroxyl groups is 1. The zero-order valence-corrected chi connectivity index (χ0v) is 16.2. The summed E-state index contributed by atoms with van der Waals surface area (Å²) in [5, 5.41) is 12.0. The fourth-order valence-electron chi connectivity index (χ4n) is 3.09. The maximum atomic E-state index is 13.9. The highest BCUT2D eigenvalue weighted by atomic mass is 31.2. The summed E-state index contributed by atoms with van der Waals surface area (Å²) in [5.41, 5.74) is 0.986. The first-order chi connectivity index (χ1) is 12.1. The van der Waals surface area contributed by atoms with Crippen LogP contribution in [0.5, 0.6) is 0 Å². The SMILES string of the molecule is CCCCC[C@@H](O)/C=C(\C)CP(=O)(c1ccccc1)c1ccccc1. The molecule has 2 aromatic carbocycles. The molecule has 2 aromatic rings. The smallest absolute Gasteiger partial charge is 0.147 e. The topological polar surface area (TPSA) is 37.3 Å². The molecule has 25 heavy (non-hydrogen) atoms. The third-order valence-electron chi connectivity index (χ3n) is 4.40. The summed E-state index contributed by atoms with van der Waals surface area (Å²) in [6.45, 7) is 4.13. The average molecular weight is 356 g/mol. The van der Waals surface area contributed by atoms with Crippen molar-refractivity contribution in [3.05, 3.63) is 72.3 Å². The minimum Gasteiger partial charge on any atom is -0.389 e. The molecule has 2 rings (SSSR count). The van der Waals surface area contributed by atoms with E-state index in [9.17, 15) is 9.67 Å². The predicted octanol–water partition coefficient (Wildman–Crippen LogP) is 4.89. The Kier molecular flexibility index (Phi) is 7.68. The summed E-state index contributed by atoms with van der Waals surface area (Å²) in [6.07, 6.45) is 5.97. The molecule has 0 radical (unpaired) electrons. The molecule has 0 aliphatic rings. The van der Waals surface area contributed by atoms with Crippen molar-refractivity contribution in [1.82, 2.24) is 0 Å². The van der Waals surface area contributed by atoms with Crippen LogP contribution in [0.25, 0.3) is 0 Å². The number of hydrogen-bond donors (Lipinski definition) is 1. The molecule has 0 heterocycles. The molecular formula is C22H29O2P. The van der Waals surface area contributed by atoms with E-state index in [0.29, 0.717) is 6.16 Å². The van der Waals surface area contributed by atoms with Crippen molar-refractivity contribution < 1.29 is 9.67 Å². The molecule has 0 saturated heterocycles. The molecule has 2 nitrogen and oxygen atoms in total. The molecule has 0 spiro atoms. The lowest BCUT2D eigenvalue weighted by atomic mass is 10.1. The molecule has 0 bridgehead atoms. The summed E-state index contributed by atoms with van der Waals surface area (Å²) in [7, 11) is -2.75. The van der Waals surface area contributed by atoms with Crippen molar-refractivity contribution in [3.63, 3.8) is 0 Å². The summed E-state index contributed by atoms with van der Waals surface area (Å²) < 4.78 is 13.9. The Bertz CT molecular complexity index is 664. The van der Waals surface area contributed by atoms with Crippen LogP contribution in [0.3, 0.4) is 0 Å². The van der Waals surface area contributed by atoms with Gasteiger partial charge in [-0.1, -0.05) is 98.5 Å². The monoisotopic (exact) mass is 356 g/mol. The third kappa shape index (κ3) is 5.70. The maximum Gasteiger partial charge on any atom is 0.147 e.